The van der Waals surface area contributed by atoms with Gasteiger partial charge in [-0.1, -0.05) is 5.16 Å². The van der Waals surface area contributed by atoms with Gasteiger partial charge in [-0.2, -0.15) is 4.98 Å². The standard InChI is InChI=1S/C22H22N6O3/c1-14(2)28-13-24-17-11-16(3-4-18(17)28)22(29)27-9-10-30-19(12-27)21-25-20(26-31-21)15-5-7-23-8-6-15/h3-8,11,13-14,19H,9-10,12H2,1-2H3. The number of nitrogens with zero attached hydrogens (tertiary/aromatic N) is 6. The van der Waals surface area contributed by atoms with Crippen LogP contribution in [0.2, 0.25) is 0 Å². The average Bonchev–Trinajstić information content (AvgIpc) is 3.46. The van der Waals surface area contributed by atoms with Gasteiger partial charge in [0.25, 0.3) is 11.8 Å². The number of benzene rings is 1. The SMILES string of the molecule is CC(C)n1cnc2cc(C(=O)N3CCOC(c4nc(-c5ccncc5)no4)C3)ccc21. The zero-order chi connectivity index (χ0) is 21.4. The molecule has 158 valence electrons. The van der Waals surface area contributed by atoms with Crippen LogP contribution in [0.25, 0.3) is 22.4 Å². The topological polar surface area (TPSA) is 99.2 Å². The number of amides is 1. The lowest BCUT2D eigenvalue weighted by Gasteiger charge is -2.31. The van der Waals surface area contributed by atoms with E-state index in [4.69, 9.17) is 9.26 Å². The van der Waals surface area contributed by atoms with Crippen LogP contribution in [-0.4, -0.2) is 55.2 Å². The second-order valence-electron chi connectivity index (χ2n) is 7.75. The molecular formula is C22H22N6O3. The molecule has 1 amide bonds. The second-order valence-corrected chi connectivity index (χ2v) is 7.75. The number of hydrogen-bond donors (Lipinski definition) is 0. The predicted molar refractivity (Wildman–Crippen MR) is 112 cm³/mol. The molecular weight excluding hydrogens is 396 g/mol. The Balaban J connectivity index is 1.34. The van der Waals surface area contributed by atoms with Gasteiger partial charge in [-0.25, -0.2) is 4.98 Å². The molecule has 0 spiro atoms. The maximum Gasteiger partial charge on any atom is 0.257 e. The van der Waals surface area contributed by atoms with E-state index < -0.39 is 6.10 Å². The van der Waals surface area contributed by atoms with Crippen LogP contribution in [0.5, 0.6) is 0 Å². The van der Waals surface area contributed by atoms with Crippen molar-refractivity contribution in [3.8, 4) is 11.4 Å². The summed E-state index contributed by atoms with van der Waals surface area (Å²) in [6.07, 6.45) is 4.68. The molecule has 3 aromatic heterocycles. The maximum atomic E-state index is 13.1. The van der Waals surface area contributed by atoms with Crippen LogP contribution in [0.3, 0.4) is 0 Å². The van der Waals surface area contributed by atoms with E-state index in [9.17, 15) is 4.79 Å². The van der Waals surface area contributed by atoms with Gasteiger partial charge in [-0.05, 0) is 44.2 Å². The van der Waals surface area contributed by atoms with Gasteiger partial charge in [-0.15, -0.1) is 0 Å². The number of morpholine rings is 1. The summed E-state index contributed by atoms with van der Waals surface area (Å²) in [5.41, 5.74) is 3.23. The molecule has 5 rings (SSSR count). The van der Waals surface area contributed by atoms with Crippen LogP contribution in [0.15, 0.2) is 53.6 Å². The van der Waals surface area contributed by atoms with Gasteiger partial charge < -0.3 is 18.7 Å². The van der Waals surface area contributed by atoms with Gasteiger partial charge in [0.1, 0.15) is 0 Å². The summed E-state index contributed by atoms with van der Waals surface area (Å²) < 4.78 is 13.3. The molecule has 9 heteroatoms. The number of carbonyl (C=O) groups excluding carboxylic acids is 1. The Morgan fingerprint density at radius 1 is 1.19 bits per heavy atom. The Bertz CT molecular complexity index is 1220. The molecule has 1 unspecified atom stereocenters. The average molecular weight is 418 g/mol. The zero-order valence-corrected chi connectivity index (χ0v) is 17.3. The van der Waals surface area contributed by atoms with Gasteiger partial charge in [0, 0.05) is 36.1 Å². The highest BCUT2D eigenvalue weighted by Gasteiger charge is 2.30. The highest BCUT2D eigenvalue weighted by molar-refractivity contribution is 5.97. The number of fused-ring (bicyclic) bond motifs is 1. The van der Waals surface area contributed by atoms with Crippen LogP contribution in [0, 0.1) is 0 Å². The minimum absolute atomic E-state index is 0.0665. The first kappa shape index (κ1) is 19.4. The number of hydrogen-bond acceptors (Lipinski definition) is 7. The van der Waals surface area contributed by atoms with Crippen LogP contribution in [-0.2, 0) is 4.74 Å². The van der Waals surface area contributed by atoms with Gasteiger partial charge >= 0.3 is 0 Å². The molecule has 0 aliphatic carbocycles. The summed E-state index contributed by atoms with van der Waals surface area (Å²) in [6, 6.07) is 9.57. The molecule has 1 aliphatic heterocycles. The smallest absolute Gasteiger partial charge is 0.257 e. The first-order chi connectivity index (χ1) is 15.1. The molecule has 1 aromatic carbocycles. The minimum Gasteiger partial charge on any atom is -0.365 e. The van der Waals surface area contributed by atoms with E-state index in [1.165, 1.54) is 0 Å². The van der Waals surface area contributed by atoms with E-state index in [1.54, 1.807) is 17.3 Å². The first-order valence-corrected chi connectivity index (χ1v) is 10.2. The Kier molecular flexibility index (Phi) is 4.95. The number of pyridine rings is 1. The minimum atomic E-state index is -0.468. The van der Waals surface area contributed by atoms with Gasteiger partial charge in [0.05, 0.1) is 30.5 Å². The van der Waals surface area contributed by atoms with E-state index in [0.717, 1.165) is 16.6 Å². The lowest BCUT2D eigenvalue weighted by Crippen LogP contribution is -2.42. The van der Waals surface area contributed by atoms with Crippen molar-refractivity contribution in [3.05, 3.63) is 60.5 Å². The molecule has 1 aliphatic rings. The predicted octanol–water partition coefficient (Wildman–Crippen LogP) is 3.28. The monoisotopic (exact) mass is 418 g/mol. The molecule has 0 saturated carbocycles. The van der Waals surface area contributed by atoms with Crippen LogP contribution in [0.1, 0.15) is 42.2 Å². The van der Waals surface area contributed by atoms with Crippen molar-refractivity contribution in [3.63, 3.8) is 0 Å². The van der Waals surface area contributed by atoms with Crippen molar-refractivity contribution >= 4 is 16.9 Å². The molecule has 0 bridgehead atoms. The maximum absolute atomic E-state index is 13.1. The summed E-state index contributed by atoms with van der Waals surface area (Å²) in [7, 11) is 0. The molecule has 1 atom stereocenters. The second kappa shape index (κ2) is 7.92. The number of rotatable bonds is 4. The number of imidazole rings is 1. The van der Waals surface area contributed by atoms with E-state index in [2.05, 4.69) is 38.5 Å². The van der Waals surface area contributed by atoms with Crippen molar-refractivity contribution in [1.82, 2.24) is 29.6 Å². The van der Waals surface area contributed by atoms with Crippen molar-refractivity contribution in [2.24, 2.45) is 0 Å². The summed E-state index contributed by atoms with van der Waals surface area (Å²) in [4.78, 5) is 27.8. The van der Waals surface area contributed by atoms with Gasteiger partial charge in [0.2, 0.25) is 5.82 Å². The quantitative estimate of drug-likeness (QED) is 0.501. The molecule has 31 heavy (non-hydrogen) atoms. The Labute approximate surface area is 178 Å². The molecule has 0 N–H and O–H groups in total. The fourth-order valence-electron chi connectivity index (χ4n) is 3.73. The number of aromatic nitrogens is 5. The summed E-state index contributed by atoms with van der Waals surface area (Å²) in [5, 5.41) is 4.03. The summed E-state index contributed by atoms with van der Waals surface area (Å²) in [6.45, 7) is 5.44. The Morgan fingerprint density at radius 2 is 2.03 bits per heavy atom. The lowest BCUT2D eigenvalue weighted by atomic mass is 10.1. The zero-order valence-electron chi connectivity index (χ0n) is 17.3. The Morgan fingerprint density at radius 3 is 2.84 bits per heavy atom. The molecule has 0 radical (unpaired) electrons. The molecule has 9 nitrogen and oxygen atoms in total. The molecule has 4 aromatic rings. The first-order valence-electron chi connectivity index (χ1n) is 10.2. The summed E-state index contributed by atoms with van der Waals surface area (Å²) in [5.74, 6) is 0.759. The van der Waals surface area contributed by atoms with Gasteiger partial charge in [0.15, 0.2) is 6.10 Å². The van der Waals surface area contributed by atoms with Crippen molar-refractivity contribution in [2.75, 3.05) is 19.7 Å². The molecule has 1 saturated heterocycles. The van der Waals surface area contributed by atoms with Crippen molar-refractivity contribution < 1.29 is 14.1 Å². The fourth-order valence-corrected chi connectivity index (χ4v) is 3.73. The van der Waals surface area contributed by atoms with Crippen LogP contribution >= 0.6 is 0 Å². The Hall–Kier alpha value is -3.59. The number of ether oxygens (including phenoxy) is 1. The largest absolute Gasteiger partial charge is 0.365 e. The van der Waals surface area contributed by atoms with Gasteiger partial charge in [-0.3, -0.25) is 9.78 Å². The summed E-state index contributed by atoms with van der Waals surface area (Å²) >= 11 is 0. The third kappa shape index (κ3) is 3.68. The third-order valence-corrected chi connectivity index (χ3v) is 5.39. The highest BCUT2D eigenvalue weighted by atomic mass is 16.5. The third-order valence-electron chi connectivity index (χ3n) is 5.39. The van der Waals surface area contributed by atoms with Crippen molar-refractivity contribution in [2.45, 2.75) is 26.0 Å². The van der Waals surface area contributed by atoms with E-state index in [0.29, 0.717) is 43.0 Å². The molecule has 1 fully saturated rings. The highest BCUT2D eigenvalue weighted by Crippen LogP contribution is 2.25. The van der Waals surface area contributed by atoms with E-state index in [-0.39, 0.29) is 5.91 Å². The molecule has 4 heterocycles. The number of carbonyl (C=O) groups is 1. The fraction of sp³-hybridized carbons (Fsp3) is 0.318. The van der Waals surface area contributed by atoms with Crippen LogP contribution in [0.4, 0.5) is 0 Å². The van der Waals surface area contributed by atoms with Crippen molar-refractivity contribution in [1.29, 1.82) is 0 Å². The van der Waals surface area contributed by atoms with E-state index in [1.807, 2.05) is 36.7 Å². The normalized spacial score (nSPS) is 16.9. The van der Waals surface area contributed by atoms with Crippen LogP contribution < -0.4 is 0 Å². The lowest BCUT2D eigenvalue weighted by molar-refractivity contribution is -0.0367. The van der Waals surface area contributed by atoms with E-state index >= 15 is 0 Å².